The van der Waals surface area contributed by atoms with Crippen LogP contribution in [0.15, 0.2) is 40.8 Å². The van der Waals surface area contributed by atoms with E-state index in [0.29, 0.717) is 10.6 Å². The number of hydrazone groups is 1. The van der Waals surface area contributed by atoms with Crippen LogP contribution < -0.4 is 11.2 Å². The fourth-order valence-corrected chi connectivity index (χ4v) is 2.94. The molecular formula is C14H10ClF3N4O. The molecule has 5 nitrogen and oxygen atoms in total. The molecule has 1 aromatic rings. The SMILES string of the molecule is N#CC1=C(N)O[C@@H]2NN=C(C(F)(F)F)[C@@H]2[C@@H]1c1ccc(Cl)cc1. The van der Waals surface area contributed by atoms with Crippen molar-refractivity contribution in [2.75, 3.05) is 0 Å². The number of nitrogens with zero attached hydrogens (tertiary/aromatic N) is 2. The Hall–Kier alpha value is -2.40. The van der Waals surface area contributed by atoms with Gasteiger partial charge in [0, 0.05) is 10.9 Å². The molecule has 0 saturated heterocycles. The highest BCUT2D eigenvalue weighted by Crippen LogP contribution is 2.45. The van der Waals surface area contributed by atoms with Crippen molar-refractivity contribution in [3.63, 3.8) is 0 Å². The van der Waals surface area contributed by atoms with E-state index < -0.39 is 30.0 Å². The first-order valence-corrected chi connectivity index (χ1v) is 6.93. The molecule has 0 unspecified atom stereocenters. The second kappa shape index (κ2) is 5.35. The summed E-state index contributed by atoms with van der Waals surface area (Å²) < 4.78 is 44.9. The Morgan fingerprint density at radius 1 is 1.30 bits per heavy atom. The quantitative estimate of drug-likeness (QED) is 0.821. The summed E-state index contributed by atoms with van der Waals surface area (Å²) in [5, 5.41) is 13.1. The Kier molecular flexibility index (Phi) is 3.60. The van der Waals surface area contributed by atoms with E-state index in [9.17, 15) is 18.4 Å². The van der Waals surface area contributed by atoms with Crippen molar-refractivity contribution in [2.24, 2.45) is 16.8 Å². The van der Waals surface area contributed by atoms with E-state index in [0.717, 1.165) is 0 Å². The molecule has 3 rings (SSSR count). The molecule has 0 aromatic heterocycles. The topological polar surface area (TPSA) is 83.4 Å². The maximum Gasteiger partial charge on any atom is 0.431 e. The fraction of sp³-hybridized carbons (Fsp3) is 0.286. The number of nitriles is 1. The Balaban J connectivity index is 2.13. The first-order chi connectivity index (χ1) is 10.8. The van der Waals surface area contributed by atoms with Crippen LogP contribution in [-0.4, -0.2) is 18.1 Å². The molecule has 3 N–H and O–H groups in total. The van der Waals surface area contributed by atoms with E-state index in [1.54, 1.807) is 24.3 Å². The van der Waals surface area contributed by atoms with Crippen molar-refractivity contribution in [1.29, 1.82) is 5.26 Å². The fourth-order valence-electron chi connectivity index (χ4n) is 2.82. The molecule has 2 aliphatic rings. The average Bonchev–Trinajstić information content (AvgIpc) is 2.90. The lowest BCUT2D eigenvalue weighted by molar-refractivity contribution is -0.0661. The summed E-state index contributed by atoms with van der Waals surface area (Å²) in [5.74, 6) is -2.34. The molecule has 2 aliphatic heterocycles. The number of alkyl halides is 3. The lowest BCUT2D eigenvalue weighted by Gasteiger charge is -2.34. The molecule has 0 aliphatic carbocycles. The van der Waals surface area contributed by atoms with Crippen molar-refractivity contribution < 1.29 is 17.9 Å². The zero-order valence-corrected chi connectivity index (χ0v) is 12.2. The van der Waals surface area contributed by atoms with Gasteiger partial charge in [-0.2, -0.15) is 23.5 Å². The number of hydrogen-bond acceptors (Lipinski definition) is 5. The van der Waals surface area contributed by atoms with Gasteiger partial charge in [0.05, 0.1) is 11.5 Å². The van der Waals surface area contributed by atoms with Gasteiger partial charge in [0.15, 0.2) is 11.9 Å². The molecule has 0 saturated carbocycles. The highest BCUT2D eigenvalue weighted by molar-refractivity contribution is 6.30. The number of benzene rings is 1. The lowest BCUT2D eigenvalue weighted by atomic mass is 9.76. The molecule has 0 radical (unpaired) electrons. The van der Waals surface area contributed by atoms with E-state index >= 15 is 0 Å². The van der Waals surface area contributed by atoms with Gasteiger partial charge in [0.2, 0.25) is 5.88 Å². The monoisotopic (exact) mass is 342 g/mol. The number of nitrogens with two attached hydrogens (primary N) is 1. The minimum absolute atomic E-state index is 0.0609. The largest absolute Gasteiger partial charge is 0.453 e. The predicted molar refractivity (Wildman–Crippen MR) is 76.0 cm³/mol. The van der Waals surface area contributed by atoms with Crippen LogP contribution in [0.4, 0.5) is 13.2 Å². The Labute approximate surface area is 134 Å². The van der Waals surface area contributed by atoms with Gasteiger partial charge in [-0.1, -0.05) is 23.7 Å². The Morgan fingerprint density at radius 3 is 2.52 bits per heavy atom. The van der Waals surface area contributed by atoms with E-state index in [4.69, 9.17) is 22.1 Å². The second-order valence-electron chi connectivity index (χ2n) is 5.11. The number of halogens is 4. The molecule has 1 aromatic carbocycles. The summed E-state index contributed by atoms with van der Waals surface area (Å²) in [4.78, 5) is 0. The van der Waals surface area contributed by atoms with Crippen molar-refractivity contribution in [2.45, 2.75) is 18.3 Å². The summed E-state index contributed by atoms with van der Waals surface area (Å²) in [7, 11) is 0. The van der Waals surface area contributed by atoms with E-state index in [2.05, 4.69) is 10.5 Å². The van der Waals surface area contributed by atoms with Gasteiger partial charge < -0.3 is 10.5 Å². The maximum atomic E-state index is 13.2. The summed E-state index contributed by atoms with van der Waals surface area (Å²) >= 11 is 5.82. The van der Waals surface area contributed by atoms with Crippen molar-refractivity contribution in [3.8, 4) is 6.07 Å². The standard InChI is InChI=1S/C14H10ClF3N4O/c15-7-3-1-6(2-4-7)9-8(5-19)12(20)23-13-10(9)11(21-22-13)14(16,17)18/h1-4,9-10,13,22H,20H2/t9-,10+,13+/m1/s1. The van der Waals surface area contributed by atoms with Gasteiger partial charge in [0.25, 0.3) is 0 Å². The molecule has 3 atom stereocenters. The first kappa shape index (κ1) is 15.5. The molecule has 0 bridgehead atoms. The highest BCUT2D eigenvalue weighted by atomic mass is 35.5. The van der Waals surface area contributed by atoms with Crippen LogP contribution in [-0.2, 0) is 4.74 Å². The van der Waals surface area contributed by atoms with Gasteiger partial charge >= 0.3 is 6.18 Å². The third-order valence-corrected chi connectivity index (χ3v) is 4.04. The van der Waals surface area contributed by atoms with E-state index in [1.165, 1.54) is 0 Å². The zero-order chi connectivity index (χ0) is 16.8. The highest BCUT2D eigenvalue weighted by Gasteiger charge is 2.55. The number of fused-ring (bicyclic) bond motifs is 1. The van der Waals surface area contributed by atoms with Crippen molar-refractivity contribution in [1.82, 2.24) is 5.43 Å². The van der Waals surface area contributed by atoms with Gasteiger partial charge in [-0.3, -0.25) is 5.43 Å². The third kappa shape index (κ3) is 2.57. The van der Waals surface area contributed by atoms with Gasteiger partial charge in [-0.25, -0.2) is 0 Å². The number of rotatable bonds is 1. The molecular weight excluding hydrogens is 333 g/mol. The van der Waals surface area contributed by atoms with E-state index in [-0.39, 0.29) is 11.5 Å². The molecule has 0 amide bonds. The molecule has 0 spiro atoms. The maximum absolute atomic E-state index is 13.2. The minimum atomic E-state index is -4.65. The zero-order valence-electron chi connectivity index (χ0n) is 11.4. The van der Waals surface area contributed by atoms with Crippen LogP contribution >= 0.6 is 11.6 Å². The van der Waals surface area contributed by atoms with Crippen LogP contribution in [0.2, 0.25) is 5.02 Å². The van der Waals surface area contributed by atoms with Gasteiger partial charge in [0.1, 0.15) is 6.07 Å². The summed E-state index contributed by atoms with van der Waals surface area (Å²) in [6, 6.07) is 8.05. The van der Waals surface area contributed by atoms with Crippen LogP contribution in [0.5, 0.6) is 0 Å². The number of ether oxygens (including phenoxy) is 1. The normalized spacial score (nSPS) is 26.7. The van der Waals surface area contributed by atoms with Gasteiger partial charge in [-0.15, -0.1) is 0 Å². The lowest BCUT2D eigenvalue weighted by Crippen LogP contribution is -2.45. The number of hydrogen-bond donors (Lipinski definition) is 2. The Bertz CT molecular complexity index is 736. The summed E-state index contributed by atoms with van der Waals surface area (Å²) in [6.45, 7) is 0. The number of nitrogens with one attached hydrogen (secondary N) is 1. The molecule has 0 fully saturated rings. The van der Waals surface area contributed by atoms with Crippen LogP contribution in [0.25, 0.3) is 0 Å². The van der Waals surface area contributed by atoms with Crippen LogP contribution in [0, 0.1) is 17.2 Å². The van der Waals surface area contributed by atoms with Gasteiger partial charge in [-0.05, 0) is 17.7 Å². The molecule has 2 heterocycles. The van der Waals surface area contributed by atoms with Crippen LogP contribution in [0.3, 0.4) is 0 Å². The van der Waals surface area contributed by atoms with Crippen molar-refractivity contribution >= 4 is 17.3 Å². The predicted octanol–water partition coefficient (Wildman–Crippen LogP) is 2.61. The average molecular weight is 343 g/mol. The van der Waals surface area contributed by atoms with Crippen molar-refractivity contribution in [3.05, 3.63) is 46.3 Å². The number of allylic oxidation sites excluding steroid dienone is 1. The summed E-state index contributed by atoms with van der Waals surface area (Å²) in [6.07, 6.45) is -5.72. The smallest absolute Gasteiger partial charge is 0.431 e. The molecule has 9 heteroatoms. The molecule has 120 valence electrons. The molecule has 23 heavy (non-hydrogen) atoms. The van der Waals surface area contributed by atoms with Crippen LogP contribution in [0.1, 0.15) is 11.5 Å². The van der Waals surface area contributed by atoms with E-state index in [1.807, 2.05) is 6.07 Å². The second-order valence-corrected chi connectivity index (χ2v) is 5.54. The third-order valence-electron chi connectivity index (χ3n) is 3.78. The first-order valence-electron chi connectivity index (χ1n) is 6.55. The summed E-state index contributed by atoms with van der Waals surface area (Å²) in [5.41, 5.74) is 7.39. The minimum Gasteiger partial charge on any atom is -0.453 e. The Morgan fingerprint density at radius 2 is 1.96 bits per heavy atom.